The fourth-order valence-corrected chi connectivity index (χ4v) is 0.874. The van der Waals surface area contributed by atoms with Gasteiger partial charge in [-0.05, 0) is 19.3 Å². The Hall–Kier alpha value is -0.600. The summed E-state index contributed by atoms with van der Waals surface area (Å²) in [5.41, 5.74) is -1.63. The van der Waals surface area contributed by atoms with Gasteiger partial charge in [-0.3, -0.25) is 0 Å². The van der Waals surface area contributed by atoms with Gasteiger partial charge < -0.3 is 4.74 Å². The molecule has 0 amide bonds. The van der Waals surface area contributed by atoms with Gasteiger partial charge in [-0.2, -0.15) is 0 Å². The predicted octanol–water partition coefficient (Wildman–Crippen LogP) is 1.05. The number of hydrogen-bond acceptors (Lipinski definition) is 2. The van der Waals surface area contributed by atoms with Crippen molar-refractivity contribution in [1.29, 1.82) is 0 Å². The summed E-state index contributed by atoms with van der Waals surface area (Å²) in [5.74, 6) is -0.714. The Morgan fingerprint density at radius 1 is 1.67 bits per heavy atom. The van der Waals surface area contributed by atoms with Crippen molar-refractivity contribution >= 4 is 5.97 Å². The molecule has 0 radical (unpaired) electrons. The fraction of sp³-hybridized carbons (Fsp3) is 0.833. The minimum Gasteiger partial charge on any atom is -0.467 e. The number of alkyl halides is 1. The van der Waals surface area contributed by atoms with Gasteiger partial charge in [0.1, 0.15) is 0 Å². The molecular formula is C6H9FO2. The van der Waals surface area contributed by atoms with Crippen LogP contribution in [0, 0.1) is 0 Å². The summed E-state index contributed by atoms with van der Waals surface area (Å²) in [4.78, 5) is 10.5. The summed E-state index contributed by atoms with van der Waals surface area (Å²) in [6, 6.07) is 0. The van der Waals surface area contributed by atoms with E-state index in [0.29, 0.717) is 12.8 Å². The molecule has 2 nitrogen and oxygen atoms in total. The monoisotopic (exact) mass is 132 g/mol. The van der Waals surface area contributed by atoms with Crippen LogP contribution >= 0.6 is 0 Å². The van der Waals surface area contributed by atoms with Crippen LogP contribution in [0.2, 0.25) is 0 Å². The Morgan fingerprint density at radius 3 is 2.33 bits per heavy atom. The smallest absolute Gasteiger partial charge is 0.343 e. The second-order valence-corrected chi connectivity index (χ2v) is 2.31. The maximum Gasteiger partial charge on any atom is 0.343 e. The van der Waals surface area contributed by atoms with Gasteiger partial charge in [-0.15, -0.1) is 0 Å². The van der Waals surface area contributed by atoms with Crippen LogP contribution in [0.15, 0.2) is 0 Å². The number of halogens is 1. The maximum atomic E-state index is 12.8. The number of carbonyl (C=O) groups is 1. The average Bonchev–Trinajstić information content (AvgIpc) is 1.81. The molecule has 0 atom stereocenters. The molecule has 0 N–H and O–H groups in total. The van der Waals surface area contributed by atoms with Gasteiger partial charge in [0.2, 0.25) is 5.67 Å². The van der Waals surface area contributed by atoms with Crippen LogP contribution in [0.25, 0.3) is 0 Å². The molecule has 0 aromatic heterocycles. The van der Waals surface area contributed by atoms with Crippen molar-refractivity contribution in [2.24, 2.45) is 0 Å². The molecule has 1 fully saturated rings. The molecule has 1 aliphatic carbocycles. The lowest BCUT2D eigenvalue weighted by Crippen LogP contribution is -2.41. The molecule has 0 aromatic carbocycles. The first kappa shape index (κ1) is 6.52. The molecule has 0 aromatic rings. The van der Waals surface area contributed by atoms with Crippen molar-refractivity contribution in [3.8, 4) is 0 Å². The lowest BCUT2D eigenvalue weighted by atomic mass is 9.82. The van der Waals surface area contributed by atoms with Crippen molar-refractivity contribution < 1.29 is 13.9 Å². The van der Waals surface area contributed by atoms with Gasteiger partial charge in [0.15, 0.2) is 0 Å². The molecule has 0 unspecified atom stereocenters. The van der Waals surface area contributed by atoms with E-state index in [0.717, 1.165) is 6.42 Å². The van der Waals surface area contributed by atoms with Crippen LogP contribution in [0.1, 0.15) is 19.3 Å². The van der Waals surface area contributed by atoms with Crippen molar-refractivity contribution in [1.82, 2.24) is 0 Å². The Bertz CT molecular complexity index is 129. The average molecular weight is 132 g/mol. The molecule has 0 aliphatic heterocycles. The normalized spacial score (nSPS) is 22.4. The van der Waals surface area contributed by atoms with Gasteiger partial charge in [0.25, 0.3) is 0 Å². The number of methoxy groups -OCH3 is 1. The van der Waals surface area contributed by atoms with E-state index in [1.807, 2.05) is 0 Å². The summed E-state index contributed by atoms with van der Waals surface area (Å²) in [5, 5.41) is 0. The lowest BCUT2D eigenvalue weighted by molar-refractivity contribution is -0.160. The standard InChI is InChI=1S/C6H9FO2/c1-9-5(8)6(7)3-2-4-6/h2-4H2,1H3. The molecular weight excluding hydrogens is 123 g/mol. The van der Waals surface area contributed by atoms with Gasteiger partial charge in [0.05, 0.1) is 7.11 Å². The Labute approximate surface area is 53.0 Å². The highest BCUT2D eigenvalue weighted by molar-refractivity contribution is 5.80. The quantitative estimate of drug-likeness (QED) is 0.498. The van der Waals surface area contributed by atoms with Gasteiger partial charge >= 0.3 is 5.97 Å². The summed E-state index contributed by atoms with van der Waals surface area (Å²) in [6.07, 6.45) is 1.46. The third-order valence-electron chi connectivity index (χ3n) is 1.70. The predicted molar refractivity (Wildman–Crippen MR) is 29.7 cm³/mol. The van der Waals surface area contributed by atoms with E-state index in [9.17, 15) is 9.18 Å². The fourth-order valence-electron chi connectivity index (χ4n) is 0.874. The van der Waals surface area contributed by atoms with Crippen molar-refractivity contribution in [3.63, 3.8) is 0 Å². The lowest BCUT2D eigenvalue weighted by Gasteiger charge is -2.30. The highest BCUT2D eigenvalue weighted by Crippen LogP contribution is 2.36. The SMILES string of the molecule is COC(=O)C1(F)CCC1. The largest absolute Gasteiger partial charge is 0.467 e. The molecule has 0 saturated heterocycles. The minimum atomic E-state index is -1.63. The van der Waals surface area contributed by atoms with Crippen LogP contribution in [-0.4, -0.2) is 18.7 Å². The van der Waals surface area contributed by atoms with Crippen molar-refractivity contribution in [2.75, 3.05) is 7.11 Å². The maximum absolute atomic E-state index is 12.8. The third-order valence-corrected chi connectivity index (χ3v) is 1.70. The molecule has 0 spiro atoms. The van der Waals surface area contributed by atoms with E-state index in [1.54, 1.807) is 0 Å². The van der Waals surface area contributed by atoms with Gasteiger partial charge in [-0.1, -0.05) is 0 Å². The number of carbonyl (C=O) groups excluding carboxylic acids is 1. The van der Waals surface area contributed by atoms with E-state index < -0.39 is 11.6 Å². The molecule has 9 heavy (non-hydrogen) atoms. The summed E-state index contributed by atoms with van der Waals surface area (Å²) in [6.45, 7) is 0. The zero-order valence-corrected chi connectivity index (χ0v) is 5.32. The second kappa shape index (κ2) is 1.97. The first-order valence-electron chi connectivity index (χ1n) is 2.96. The number of hydrogen-bond donors (Lipinski definition) is 0. The zero-order chi connectivity index (χ0) is 6.91. The van der Waals surface area contributed by atoms with E-state index in [2.05, 4.69) is 4.74 Å². The van der Waals surface area contributed by atoms with E-state index in [1.165, 1.54) is 7.11 Å². The molecule has 1 aliphatic rings. The Kier molecular flexibility index (Phi) is 1.43. The molecule has 0 heterocycles. The zero-order valence-electron chi connectivity index (χ0n) is 5.32. The van der Waals surface area contributed by atoms with Crippen LogP contribution in [0.4, 0.5) is 4.39 Å². The highest BCUT2D eigenvalue weighted by Gasteiger charge is 2.45. The highest BCUT2D eigenvalue weighted by atomic mass is 19.1. The molecule has 0 bridgehead atoms. The van der Waals surface area contributed by atoms with Crippen LogP contribution in [0.5, 0.6) is 0 Å². The number of esters is 1. The summed E-state index contributed by atoms with van der Waals surface area (Å²) < 4.78 is 17.1. The van der Waals surface area contributed by atoms with Crippen molar-refractivity contribution in [3.05, 3.63) is 0 Å². The first-order valence-corrected chi connectivity index (χ1v) is 2.96. The molecule has 1 rings (SSSR count). The topological polar surface area (TPSA) is 26.3 Å². The second-order valence-electron chi connectivity index (χ2n) is 2.31. The van der Waals surface area contributed by atoms with Gasteiger partial charge in [-0.25, -0.2) is 9.18 Å². The van der Waals surface area contributed by atoms with E-state index in [-0.39, 0.29) is 0 Å². The third kappa shape index (κ3) is 0.910. The van der Waals surface area contributed by atoms with Crippen LogP contribution < -0.4 is 0 Å². The van der Waals surface area contributed by atoms with Gasteiger partial charge in [0, 0.05) is 0 Å². The molecule has 3 heteroatoms. The van der Waals surface area contributed by atoms with Crippen molar-refractivity contribution in [2.45, 2.75) is 24.9 Å². The molecule has 52 valence electrons. The van der Waals surface area contributed by atoms with E-state index in [4.69, 9.17) is 0 Å². The molecule has 1 saturated carbocycles. The number of ether oxygens (including phenoxy) is 1. The number of rotatable bonds is 1. The summed E-state index contributed by atoms with van der Waals surface area (Å²) in [7, 11) is 1.21. The first-order chi connectivity index (χ1) is 4.19. The van der Waals surface area contributed by atoms with E-state index >= 15 is 0 Å². The minimum absolute atomic E-state index is 0.333. The van der Waals surface area contributed by atoms with Crippen LogP contribution in [0.3, 0.4) is 0 Å². The Morgan fingerprint density at radius 2 is 2.22 bits per heavy atom. The Balaban J connectivity index is 2.49. The van der Waals surface area contributed by atoms with Crippen LogP contribution in [-0.2, 0) is 9.53 Å². The summed E-state index contributed by atoms with van der Waals surface area (Å²) >= 11 is 0.